The van der Waals surface area contributed by atoms with E-state index in [-0.39, 0.29) is 4.75 Å². The first-order valence-corrected chi connectivity index (χ1v) is 10.2. The molecule has 0 atom stereocenters. The van der Waals surface area contributed by atoms with Crippen LogP contribution in [0.25, 0.3) is 0 Å². The Morgan fingerprint density at radius 3 is 2.65 bits per heavy atom. The molecular formula is C13H22N2O2S3. The van der Waals surface area contributed by atoms with E-state index in [1.165, 1.54) is 17.8 Å². The van der Waals surface area contributed by atoms with Crippen LogP contribution in [0.2, 0.25) is 0 Å². The number of aryl methyl sites for hydroxylation is 1. The number of hydrogen-bond acceptors (Lipinski definition) is 5. The highest BCUT2D eigenvalue weighted by Crippen LogP contribution is 2.42. The maximum absolute atomic E-state index is 12.4. The van der Waals surface area contributed by atoms with Crippen molar-refractivity contribution in [2.45, 2.75) is 42.4 Å². The summed E-state index contributed by atoms with van der Waals surface area (Å²) in [5, 5.41) is 3.05. The van der Waals surface area contributed by atoms with Gasteiger partial charge in [-0.3, -0.25) is 0 Å². The van der Waals surface area contributed by atoms with E-state index in [0.29, 0.717) is 18.0 Å². The number of nitrogens with one attached hydrogen (secondary N) is 2. The van der Waals surface area contributed by atoms with E-state index < -0.39 is 10.0 Å². The van der Waals surface area contributed by atoms with Crippen LogP contribution in [0, 0.1) is 6.92 Å². The Labute approximate surface area is 129 Å². The fourth-order valence-corrected chi connectivity index (χ4v) is 6.16. The second-order valence-electron chi connectivity index (χ2n) is 5.23. The van der Waals surface area contributed by atoms with Gasteiger partial charge in [0, 0.05) is 27.6 Å². The highest BCUT2D eigenvalue weighted by atomic mass is 32.2. The predicted molar refractivity (Wildman–Crippen MR) is 87.1 cm³/mol. The van der Waals surface area contributed by atoms with Gasteiger partial charge in [0.05, 0.1) is 4.90 Å². The van der Waals surface area contributed by atoms with E-state index >= 15 is 0 Å². The fourth-order valence-electron chi connectivity index (χ4n) is 2.38. The number of hydrogen-bond donors (Lipinski definition) is 2. The van der Waals surface area contributed by atoms with Gasteiger partial charge in [0.15, 0.2) is 0 Å². The summed E-state index contributed by atoms with van der Waals surface area (Å²) in [6.07, 6.45) is 5.47. The predicted octanol–water partition coefficient (Wildman–Crippen LogP) is 2.34. The molecule has 1 aliphatic rings. The highest BCUT2D eigenvalue weighted by Gasteiger charge is 2.37. The molecule has 4 nitrogen and oxygen atoms in total. The fraction of sp³-hybridized carbons (Fsp3) is 0.692. The smallest absolute Gasteiger partial charge is 0.241 e. The molecule has 1 aromatic rings. The van der Waals surface area contributed by atoms with Crippen LogP contribution in [0.3, 0.4) is 0 Å². The summed E-state index contributed by atoms with van der Waals surface area (Å²) in [6, 6.07) is 1.78. The molecule has 0 aliphatic heterocycles. The third kappa shape index (κ3) is 3.39. The maximum atomic E-state index is 12.4. The van der Waals surface area contributed by atoms with Gasteiger partial charge in [0.1, 0.15) is 0 Å². The van der Waals surface area contributed by atoms with E-state index in [1.54, 1.807) is 17.8 Å². The van der Waals surface area contributed by atoms with Crippen molar-refractivity contribution in [1.82, 2.24) is 10.0 Å². The Morgan fingerprint density at radius 2 is 2.15 bits per heavy atom. The van der Waals surface area contributed by atoms with Crippen molar-refractivity contribution in [1.29, 1.82) is 0 Å². The van der Waals surface area contributed by atoms with Gasteiger partial charge in [-0.25, -0.2) is 13.1 Å². The second kappa shape index (κ2) is 6.36. The second-order valence-corrected chi connectivity index (χ2v) is 9.58. The van der Waals surface area contributed by atoms with E-state index in [0.717, 1.165) is 22.6 Å². The summed E-state index contributed by atoms with van der Waals surface area (Å²) in [6.45, 7) is 3.11. The molecule has 0 unspecified atom stereocenters. The molecule has 1 aromatic heterocycles. The van der Waals surface area contributed by atoms with Gasteiger partial charge < -0.3 is 5.32 Å². The number of rotatable bonds is 7. The van der Waals surface area contributed by atoms with E-state index in [4.69, 9.17) is 0 Å². The summed E-state index contributed by atoms with van der Waals surface area (Å²) in [7, 11) is -1.53. The van der Waals surface area contributed by atoms with Gasteiger partial charge in [-0.2, -0.15) is 11.8 Å². The standard InChI is InChI=1S/C13H22N2O2S3/c1-10-12(7-11(19-10)8-14-2)20(16,17)15-9-13(18-3)5-4-6-13/h7,14-15H,4-6,8-9H2,1-3H3. The van der Waals surface area contributed by atoms with Crippen LogP contribution >= 0.6 is 23.1 Å². The van der Waals surface area contributed by atoms with Crippen molar-refractivity contribution in [2.24, 2.45) is 0 Å². The first-order chi connectivity index (χ1) is 9.42. The van der Waals surface area contributed by atoms with Crippen molar-refractivity contribution in [2.75, 3.05) is 19.8 Å². The molecule has 0 spiro atoms. The lowest BCUT2D eigenvalue weighted by Gasteiger charge is -2.40. The quantitative estimate of drug-likeness (QED) is 0.803. The minimum absolute atomic E-state index is 0.116. The van der Waals surface area contributed by atoms with Crippen LogP contribution < -0.4 is 10.0 Å². The van der Waals surface area contributed by atoms with E-state index in [9.17, 15) is 8.42 Å². The molecule has 20 heavy (non-hydrogen) atoms. The van der Waals surface area contributed by atoms with Gasteiger partial charge in [0.25, 0.3) is 0 Å². The molecule has 0 saturated heterocycles. The van der Waals surface area contributed by atoms with Crippen LogP contribution in [-0.2, 0) is 16.6 Å². The number of thiophene rings is 1. The van der Waals surface area contributed by atoms with Crippen LogP contribution in [0.15, 0.2) is 11.0 Å². The molecule has 0 amide bonds. The van der Waals surface area contributed by atoms with Gasteiger partial charge in [-0.05, 0) is 39.1 Å². The van der Waals surface area contributed by atoms with Crippen LogP contribution in [-0.4, -0.2) is 33.0 Å². The molecule has 1 aliphatic carbocycles. The van der Waals surface area contributed by atoms with Gasteiger partial charge >= 0.3 is 0 Å². The Morgan fingerprint density at radius 1 is 1.45 bits per heavy atom. The summed E-state index contributed by atoms with van der Waals surface area (Å²) in [5.41, 5.74) is 0. The molecule has 2 rings (SSSR count). The average molecular weight is 335 g/mol. The SMILES string of the molecule is CNCc1cc(S(=O)(=O)NCC2(SC)CCC2)c(C)s1. The van der Waals surface area contributed by atoms with Crippen molar-refractivity contribution in [3.05, 3.63) is 15.8 Å². The number of thioether (sulfide) groups is 1. The molecule has 114 valence electrons. The maximum Gasteiger partial charge on any atom is 0.241 e. The topological polar surface area (TPSA) is 58.2 Å². The molecule has 1 fully saturated rings. The van der Waals surface area contributed by atoms with E-state index in [1.807, 2.05) is 14.0 Å². The molecule has 0 bridgehead atoms. The van der Waals surface area contributed by atoms with Crippen molar-refractivity contribution in [3.63, 3.8) is 0 Å². The van der Waals surface area contributed by atoms with Gasteiger partial charge in [0.2, 0.25) is 10.0 Å². The lowest BCUT2D eigenvalue weighted by molar-refractivity contribution is 0.362. The molecule has 1 saturated carbocycles. The zero-order chi connectivity index (χ0) is 14.8. The van der Waals surface area contributed by atoms with Gasteiger partial charge in [-0.1, -0.05) is 6.42 Å². The summed E-state index contributed by atoms with van der Waals surface area (Å²) < 4.78 is 27.8. The molecule has 2 N–H and O–H groups in total. The number of sulfonamides is 1. The Kier molecular flexibility index (Phi) is 5.18. The van der Waals surface area contributed by atoms with Crippen LogP contribution in [0.1, 0.15) is 29.0 Å². The summed E-state index contributed by atoms with van der Waals surface area (Å²) in [5.74, 6) is 0. The molecule has 1 heterocycles. The van der Waals surface area contributed by atoms with Crippen molar-refractivity contribution >= 4 is 33.1 Å². The first-order valence-electron chi connectivity index (χ1n) is 6.71. The van der Waals surface area contributed by atoms with Crippen molar-refractivity contribution in [3.8, 4) is 0 Å². The highest BCUT2D eigenvalue weighted by molar-refractivity contribution is 8.00. The monoisotopic (exact) mass is 334 g/mol. The summed E-state index contributed by atoms with van der Waals surface area (Å²) in [4.78, 5) is 2.34. The summed E-state index contributed by atoms with van der Waals surface area (Å²) >= 11 is 3.32. The Balaban J connectivity index is 2.10. The third-order valence-electron chi connectivity index (χ3n) is 3.85. The van der Waals surface area contributed by atoms with Crippen LogP contribution in [0.4, 0.5) is 0 Å². The van der Waals surface area contributed by atoms with Crippen LogP contribution in [0.5, 0.6) is 0 Å². The average Bonchev–Trinajstić information content (AvgIpc) is 2.71. The molecule has 0 radical (unpaired) electrons. The Hall–Kier alpha value is -0.0800. The zero-order valence-electron chi connectivity index (χ0n) is 12.2. The normalized spacial score (nSPS) is 17.9. The minimum Gasteiger partial charge on any atom is -0.315 e. The molecule has 0 aromatic carbocycles. The lowest BCUT2D eigenvalue weighted by atomic mass is 9.84. The molecule has 7 heteroatoms. The minimum atomic E-state index is -3.39. The zero-order valence-corrected chi connectivity index (χ0v) is 14.6. The lowest BCUT2D eigenvalue weighted by Crippen LogP contribution is -2.45. The largest absolute Gasteiger partial charge is 0.315 e. The van der Waals surface area contributed by atoms with Crippen molar-refractivity contribution < 1.29 is 8.42 Å². The first kappa shape index (κ1) is 16.3. The molecular weight excluding hydrogens is 312 g/mol. The van der Waals surface area contributed by atoms with Gasteiger partial charge in [-0.15, -0.1) is 11.3 Å². The van der Waals surface area contributed by atoms with E-state index in [2.05, 4.69) is 16.3 Å². The Bertz CT molecular complexity index is 557. The third-order valence-corrected chi connectivity index (χ3v) is 7.97.